The standard InChI is InChI=1S/C29H23NO5/c1-34-19-10-7-9-18(16-19)24-25(28(33)35-2)30-22-13-6-3-8-17(22)14-15-23(30)29(24)26(31)20-11-4-5-12-21(20)27(29)32/h3-16,23-25H,1-2H3/t23?,24-,25+/m0/s1. The van der Waals surface area contributed by atoms with Crippen LogP contribution >= 0.6 is 0 Å². The minimum absolute atomic E-state index is 0.267. The number of benzene rings is 3. The predicted octanol–water partition coefficient (Wildman–Crippen LogP) is 4.30. The van der Waals surface area contributed by atoms with Crippen molar-refractivity contribution in [2.45, 2.75) is 18.0 Å². The van der Waals surface area contributed by atoms with Gasteiger partial charge in [0.15, 0.2) is 11.6 Å². The molecule has 3 aromatic rings. The summed E-state index contributed by atoms with van der Waals surface area (Å²) in [6.45, 7) is 0. The van der Waals surface area contributed by atoms with Crippen molar-refractivity contribution < 1.29 is 23.9 Å². The molecule has 3 aliphatic rings. The first-order chi connectivity index (χ1) is 17.0. The van der Waals surface area contributed by atoms with Crippen LogP contribution < -0.4 is 9.64 Å². The number of ether oxygens (including phenoxy) is 2. The molecule has 2 aliphatic heterocycles. The van der Waals surface area contributed by atoms with Gasteiger partial charge in [0.05, 0.1) is 20.3 Å². The molecule has 0 aromatic heterocycles. The molecule has 0 saturated carbocycles. The van der Waals surface area contributed by atoms with Gasteiger partial charge in [0.25, 0.3) is 0 Å². The number of carbonyl (C=O) groups excluding carboxylic acids is 3. The fourth-order valence-electron chi connectivity index (χ4n) is 6.22. The maximum absolute atomic E-state index is 14.3. The fourth-order valence-corrected chi connectivity index (χ4v) is 6.22. The lowest BCUT2D eigenvalue weighted by molar-refractivity contribution is -0.142. The number of carbonyl (C=O) groups is 3. The number of rotatable bonds is 3. The quantitative estimate of drug-likeness (QED) is 0.424. The number of nitrogens with zero attached hydrogens (tertiary/aromatic N) is 1. The van der Waals surface area contributed by atoms with Crippen LogP contribution in [-0.2, 0) is 9.53 Å². The summed E-state index contributed by atoms with van der Waals surface area (Å²) in [5.41, 5.74) is 1.63. The van der Waals surface area contributed by atoms with E-state index in [0.717, 1.165) is 11.3 Å². The molecule has 1 fully saturated rings. The maximum atomic E-state index is 14.3. The van der Waals surface area contributed by atoms with E-state index in [1.54, 1.807) is 43.5 Å². The number of hydrogen-bond donors (Lipinski definition) is 0. The second kappa shape index (κ2) is 7.67. The molecule has 1 spiro atoms. The molecule has 0 radical (unpaired) electrons. The number of ketones is 2. The van der Waals surface area contributed by atoms with Crippen LogP contribution in [0.25, 0.3) is 6.08 Å². The molecule has 35 heavy (non-hydrogen) atoms. The summed E-state index contributed by atoms with van der Waals surface area (Å²) in [6, 6.07) is 20.3. The molecule has 174 valence electrons. The van der Waals surface area contributed by atoms with Crippen molar-refractivity contribution in [3.05, 3.63) is 101 Å². The second-order valence-corrected chi connectivity index (χ2v) is 9.07. The number of esters is 1. The molecular weight excluding hydrogens is 442 g/mol. The zero-order valence-corrected chi connectivity index (χ0v) is 19.3. The number of para-hydroxylation sites is 1. The third-order valence-electron chi connectivity index (χ3n) is 7.61. The Morgan fingerprint density at radius 1 is 0.886 bits per heavy atom. The summed E-state index contributed by atoms with van der Waals surface area (Å²) in [7, 11) is 2.90. The molecule has 0 N–H and O–H groups in total. The second-order valence-electron chi connectivity index (χ2n) is 9.07. The van der Waals surface area contributed by atoms with E-state index >= 15 is 0 Å². The van der Waals surface area contributed by atoms with Crippen molar-refractivity contribution in [1.82, 2.24) is 0 Å². The van der Waals surface area contributed by atoms with E-state index in [0.29, 0.717) is 22.4 Å². The monoisotopic (exact) mass is 465 g/mol. The molecule has 6 rings (SSSR count). The summed E-state index contributed by atoms with van der Waals surface area (Å²) in [5, 5.41) is 0. The lowest BCUT2D eigenvalue weighted by Gasteiger charge is -2.36. The van der Waals surface area contributed by atoms with E-state index in [2.05, 4.69) is 0 Å². The third kappa shape index (κ3) is 2.68. The van der Waals surface area contributed by atoms with Crippen LogP contribution in [0.3, 0.4) is 0 Å². The Morgan fingerprint density at radius 2 is 1.57 bits per heavy atom. The number of hydrogen-bond acceptors (Lipinski definition) is 6. The Morgan fingerprint density at radius 3 is 2.26 bits per heavy atom. The SMILES string of the molecule is COC(=O)[C@H]1[C@H](c2cccc(OC)c2)C2(C(=O)c3ccccc3C2=O)C2C=Cc3ccccc3N21. The highest BCUT2D eigenvalue weighted by atomic mass is 16.5. The van der Waals surface area contributed by atoms with E-state index in [-0.39, 0.29) is 11.6 Å². The van der Waals surface area contributed by atoms with Gasteiger partial charge in [-0.05, 0) is 29.3 Å². The minimum atomic E-state index is -1.53. The predicted molar refractivity (Wildman–Crippen MR) is 131 cm³/mol. The first kappa shape index (κ1) is 21.4. The van der Waals surface area contributed by atoms with Crippen LogP contribution in [0.2, 0.25) is 0 Å². The van der Waals surface area contributed by atoms with E-state index in [9.17, 15) is 14.4 Å². The van der Waals surface area contributed by atoms with Crippen LogP contribution in [-0.4, -0.2) is 43.8 Å². The Bertz CT molecular complexity index is 1390. The van der Waals surface area contributed by atoms with Crippen LogP contribution in [0.4, 0.5) is 5.69 Å². The topological polar surface area (TPSA) is 72.9 Å². The van der Waals surface area contributed by atoms with Gasteiger partial charge in [-0.3, -0.25) is 9.59 Å². The number of methoxy groups -OCH3 is 2. The lowest BCUT2D eigenvalue weighted by Crippen LogP contribution is -2.48. The van der Waals surface area contributed by atoms with Crippen molar-refractivity contribution in [3.8, 4) is 5.75 Å². The molecule has 3 aromatic carbocycles. The smallest absolute Gasteiger partial charge is 0.329 e. The number of fused-ring (bicyclic) bond motifs is 5. The molecule has 6 nitrogen and oxygen atoms in total. The number of anilines is 1. The average molecular weight is 466 g/mol. The summed E-state index contributed by atoms with van der Waals surface area (Å²) in [6.07, 6.45) is 3.82. The van der Waals surface area contributed by atoms with Gasteiger partial charge >= 0.3 is 5.97 Å². The van der Waals surface area contributed by atoms with Crippen molar-refractivity contribution in [2.24, 2.45) is 5.41 Å². The Labute approximate surface area is 202 Å². The van der Waals surface area contributed by atoms with Crippen LogP contribution in [0.1, 0.15) is 37.8 Å². The largest absolute Gasteiger partial charge is 0.497 e. The first-order valence-corrected chi connectivity index (χ1v) is 11.5. The van der Waals surface area contributed by atoms with E-state index in [1.165, 1.54) is 7.11 Å². The molecule has 1 unspecified atom stereocenters. The fraction of sp³-hybridized carbons (Fsp3) is 0.207. The van der Waals surface area contributed by atoms with Crippen LogP contribution in [0.15, 0.2) is 78.9 Å². The molecule has 2 heterocycles. The van der Waals surface area contributed by atoms with E-state index in [1.807, 2.05) is 53.5 Å². The molecular formula is C29H23NO5. The van der Waals surface area contributed by atoms with Crippen molar-refractivity contribution in [2.75, 3.05) is 19.1 Å². The molecule has 0 bridgehead atoms. The van der Waals surface area contributed by atoms with E-state index < -0.39 is 29.4 Å². The van der Waals surface area contributed by atoms with Gasteiger partial charge in [0.2, 0.25) is 0 Å². The van der Waals surface area contributed by atoms with Gasteiger partial charge in [-0.15, -0.1) is 0 Å². The van der Waals surface area contributed by atoms with Gasteiger partial charge in [0, 0.05) is 22.7 Å². The summed E-state index contributed by atoms with van der Waals surface area (Å²) in [4.78, 5) is 44.1. The molecule has 6 heteroatoms. The summed E-state index contributed by atoms with van der Waals surface area (Å²) in [5.74, 6) is -1.25. The Balaban J connectivity index is 1.69. The minimum Gasteiger partial charge on any atom is -0.497 e. The maximum Gasteiger partial charge on any atom is 0.329 e. The first-order valence-electron chi connectivity index (χ1n) is 11.5. The van der Waals surface area contributed by atoms with Gasteiger partial charge in [-0.1, -0.05) is 66.7 Å². The van der Waals surface area contributed by atoms with Crippen LogP contribution in [0, 0.1) is 5.41 Å². The number of Topliss-reactive ketones (excluding diaryl/α,β-unsaturated/α-hetero) is 2. The Kier molecular flexibility index (Phi) is 4.68. The molecule has 1 saturated heterocycles. The van der Waals surface area contributed by atoms with Gasteiger partial charge in [0.1, 0.15) is 17.2 Å². The highest BCUT2D eigenvalue weighted by Crippen LogP contribution is 2.60. The lowest BCUT2D eigenvalue weighted by atomic mass is 9.64. The van der Waals surface area contributed by atoms with Crippen molar-refractivity contribution >= 4 is 29.3 Å². The molecule has 0 amide bonds. The zero-order valence-electron chi connectivity index (χ0n) is 19.3. The van der Waals surface area contributed by atoms with Gasteiger partial charge in [-0.25, -0.2) is 4.79 Å². The van der Waals surface area contributed by atoms with Gasteiger partial charge in [-0.2, -0.15) is 0 Å². The molecule has 1 aliphatic carbocycles. The zero-order chi connectivity index (χ0) is 24.3. The van der Waals surface area contributed by atoms with Gasteiger partial charge < -0.3 is 14.4 Å². The summed E-state index contributed by atoms with van der Waals surface area (Å²) >= 11 is 0. The molecule has 3 atom stereocenters. The average Bonchev–Trinajstić information content (AvgIpc) is 3.35. The van der Waals surface area contributed by atoms with Crippen molar-refractivity contribution in [1.29, 1.82) is 0 Å². The Hall–Kier alpha value is -4.19. The highest BCUT2D eigenvalue weighted by Gasteiger charge is 2.71. The third-order valence-corrected chi connectivity index (χ3v) is 7.61. The van der Waals surface area contributed by atoms with Crippen molar-refractivity contribution in [3.63, 3.8) is 0 Å². The van der Waals surface area contributed by atoms with E-state index in [4.69, 9.17) is 9.47 Å². The normalized spacial score (nSPS) is 23.1. The summed E-state index contributed by atoms with van der Waals surface area (Å²) < 4.78 is 10.8. The van der Waals surface area contributed by atoms with Crippen LogP contribution in [0.5, 0.6) is 5.75 Å². The highest BCUT2D eigenvalue weighted by molar-refractivity contribution is 6.32.